The minimum absolute atomic E-state index is 0.457. The van der Waals surface area contributed by atoms with E-state index in [9.17, 15) is 22.4 Å². The minimum Gasteiger partial charge on any atom is -0.475 e. The second-order valence-corrected chi connectivity index (χ2v) is 2.30. The number of carbonyl (C=O) groups is 1. The Labute approximate surface area is 79.2 Å². The van der Waals surface area contributed by atoms with Gasteiger partial charge in [-0.05, 0) is 5.16 Å². The largest absolute Gasteiger partial charge is 0.475 e. The van der Waals surface area contributed by atoms with Gasteiger partial charge in [-0.1, -0.05) is 0 Å². The summed E-state index contributed by atoms with van der Waals surface area (Å²) in [5, 5.41) is 11.0. The molecule has 0 unspecified atom stereocenters. The van der Waals surface area contributed by atoms with Crippen molar-refractivity contribution in [2.45, 2.75) is 12.5 Å². The van der Waals surface area contributed by atoms with Gasteiger partial charge in [-0.25, -0.2) is 4.79 Å². The van der Waals surface area contributed by atoms with Gasteiger partial charge in [0.15, 0.2) is 0 Å². The van der Waals surface area contributed by atoms with Crippen LogP contribution in [0.1, 0.15) is 10.6 Å². The highest BCUT2D eigenvalue weighted by Crippen LogP contribution is 2.26. The maximum Gasteiger partial charge on any atom is 0.462 e. The molecule has 9 heteroatoms. The number of rotatable bonds is 4. The van der Waals surface area contributed by atoms with Crippen LogP contribution in [0.25, 0.3) is 0 Å². The first-order valence-corrected chi connectivity index (χ1v) is 3.38. The molecule has 15 heavy (non-hydrogen) atoms. The third-order valence-electron chi connectivity index (χ3n) is 1.19. The lowest BCUT2D eigenvalue weighted by Crippen LogP contribution is -2.33. The quantitative estimate of drug-likeness (QED) is 0.794. The van der Waals surface area contributed by atoms with Crippen LogP contribution in [0.15, 0.2) is 10.6 Å². The fourth-order valence-electron chi connectivity index (χ4n) is 0.592. The van der Waals surface area contributed by atoms with Gasteiger partial charge >= 0.3 is 18.5 Å². The van der Waals surface area contributed by atoms with E-state index in [1.807, 2.05) is 0 Å². The van der Waals surface area contributed by atoms with Crippen LogP contribution in [0, 0.1) is 0 Å². The maximum absolute atomic E-state index is 12.2. The highest BCUT2D eigenvalue weighted by atomic mass is 19.3. The number of alkyl halides is 4. The Hall–Kier alpha value is -1.80. The van der Waals surface area contributed by atoms with Gasteiger partial charge in [-0.15, -0.1) is 0 Å². The standard InChI is InChI=1S/C6H3F4NO4/c7-5(8)6(9,10)14-3-1-2(4(12)13)15-11-3/h1,5H,(H,12,13). The summed E-state index contributed by atoms with van der Waals surface area (Å²) in [6, 6.07) is 0.457. The molecule has 0 amide bonds. The van der Waals surface area contributed by atoms with Crippen LogP contribution in [-0.4, -0.2) is 28.8 Å². The van der Waals surface area contributed by atoms with Gasteiger partial charge in [0.25, 0.3) is 5.88 Å². The molecule has 1 aromatic rings. The van der Waals surface area contributed by atoms with E-state index in [0.29, 0.717) is 6.07 Å². The molecule has 0 aliphatic heterocycles. The van der Waals surface area contributed by atoms with Crippen LogP contribution in [-0.2, 0) is 0 Å². The van der Waals surface area contributed by atoms with Crippen LogP contribution < -0.4 is 4.74 Å². The van der Waals surface area contributed by atoms with Crippen molar-refractivity contribution in [1.82, 2.24) is 5.16 Å². The monoisotopic (exact) mass is 229 g/mol. The summed E-state index contributed by atoms with van der Waals surface area (Å²) in [4.78, 5) is 10.2. The molecule has 1 N–H and O–H groups in total. The molecule has 1 rings (SSSR count). The molecule has 0 radical (unpaired) electrons. The minimum atomic E-state index is -4.74. The van der Waals surface area contributed by atoms with Crippen molar-refractivity contribution in [3.8, 4) is 5.88 Å². The molecule has 5 nitrogen and oxygen atoms in total. The molecule has 0 saturated carbocycles. The molecule has 1 heterocycles. The zero-order chi connectivity index (χ0) is 11.6. The highest BCUT2D eigenvalue weighted by Gasteiger charge is 2.44. The third kappa shape index (κ3) is 2.58. The lowest BCUT2D eigenvalue weighted by molar-refractivity contribution is -0.255. The lowest BCUT2D eigenvalue weighted by atomic mass is 10.5. The average Bonchev–Trinajstić information content (AvgIpc) is 2.51. The molecular formula is C6H3F4NO4. The summed E-state index contributed by atoms with van der Waals surface area (Å²) in [6.07, 6.45) is -8.80. The number of halogens is 4. The number of aromatic nitrogens is 1. The van der Waals surface area contributed by atoms with E-state index in [0.717, 1.165) is 0 Å². The van der Waals surface area contributed by atoms with Crippen molar-refractivity contribution >= 4 is 5.97 Å². The van der Waals surface area contributed by atoms with Crippen LogP contribution in [0.2, 0.25) is 0 Å². The summed E-state index contributed by atoms with van der Waals surface area (Å²) in [5.74, 6) is -3.41. The zero-order valence-corrected chi connectivity index (χ0v) is 6.79. The van der Waals surface area contributed by atoms with Gasteiger partial charge in [0.2, 0.25) is 5.76 Å². The first kappa shape index (κ1) is 11.3. The Kier molecular flexibility index (Phi) is 2.82. The smallest absolute Gasteiger partial charge is 0.462 e. The van der Waals surface area contributed by atoms with Crippen LogP contribution >= 0.6 is 0 Å². The Morgan fingerprint density at radius 2 is 2.20 bits per heavy atom. The fourth-order valence-corrected chi connectivity index (χ4v) is 0.592. The molecule has 0 spiro atoms. The van der Waals surface area contributed by atoms with Gasteiger partial charge in [0.1, 0.15) is 0 Å². The Balaban J connectivity index is 2.77. The van der Waals surface area contributed by atoms with Gasteiger partial charge in [-0.2, -0.15) is 17.6 Å². The number of hydrogen-bond donors (Lipinski definition) is 1. The summed E-state index contributed by atoms with van der Waals surface area (Å²) >= 11 is 0. The second kappa shape index (κ2) is 3.75. The molecule has 0 aliphatic carbocycles. The molecule has 84 valence electrons. The van der Waals surface area contributed by atoms with E-state index >= 15 is 0 Å². The van der Waals surface area contributed by atoms with E-state index in [1.54, 1.807) is 0 Å². The SMILES string of the molecule is O=C(O)c1cc(OC(F)(F)C(F)F)no1. The van der Waals surface area contributed by atoms with Crippen molar-refractivity contribution in [3.05, 3.63) is 11.8 Å². The second-order valence-electron chi connectivity index (χ2n) is 2.30. The van der Waals surface area contributed by atoms with Crippen molar-refractivity contribution in [2.24, 2.45) is 0 Å². The van der Waals surface area contributed by atoms with E-state index in [-0.39, 0.29) is 0 Å². The fraction of sp³-hybridized carbons (Fsp3) is 0.333. The van der Waals surface area contributed by atoms with E-state index in [2.05, 4.69) is 14.4 Å². The summed E-state index contributed by atoms with van der Waals surface area (Å²) in [6.45, 7) is 0. The van der Waals surface area contributed by atoms with Gasteiger partial charge in [-0.3, -0.25) is 0 Å². The summed E-state index contributed by atoms with van der Waals surface area (Å²) in [5.41, 5.74) is 0. The number of nitrogens with zero attached hydrogens (tertiary/aromatic N) is 1. The van der Waals surface area contributed by atoms with Crippen LogP contribution in [0.3, 0.4) is 0 Å². The number of carboxylic acids is 1. The Morgan fingerprint density at radius 1 is 1.60 bits per heavy atom. The molecule has 0 saturated heterocycles. The van der Waals surface area contributed by atoms with Gasteiger partial charge in [0, 0.05) is 0 Å². The Bertz CT molecular complexity index is 364. The number of hydrogen-bond acceptors (Lipinski definition) is 4. The Morgan fingerprint density at radius 3 is 2.60 bits per heavy atom. The molecule has 0 aliphatic rings. The summed E-state index contributed by atoms with van der Waals surface area (Å²) in [7, 11) is 0. The highest BCUT2D eigenvalue weighted by molar-refractivity contribution is 5.84. The molecular weight excluding hydrogens is 226 g/mol. The first-order valence-electron chi connectivity index (χ1n) is 3.38. The topological polar surface area (TPSA) is 72.6 Å². The first-order chi connectivity index (χ1) is 6.83. The normalized spacial score (nSPS) is 11.8. The number of carboxylic acid groups (broad SMARTS) is 1. The summed E-state index contributed by atoms with van der Waals surface area (Å²) < 4.78 is 55.2. The molecule has 0 bridgehead atoms. The third-order valence-corrected chi connectivity index (χ3v) is 1.19. The lowest BCUT2D eigenvalue weighted by Gasteiger charge is -2.13. The molecule has 0 aromatic carbocycles. The number of ether oxygens (including phenoxy) is 1. The van der Waals surface area contributed by atoms with Crippen LogP contribution in [0.5, 0.6) is 5.88 Å². The van der Waals surface area contributed by atoms with Crippen molar-refractivity contribution in [1.29, 1.82) is 0 Å². The predicted molar refractivity (Wildman–Crippen MR) is 35.0 cm³/mol. The van der Waals surface area contributed by atoms with Gasteiger partial charge in [0.05, 0.1) is 6.07 Å². The van der Waals surface area contributed by atoms with Gasteiger partial charge < -0.3 is 14.4 Å². The average molecular weight is 229 g/mol. The molecule has 0 atom stereocenters. The molecule has 1 aromatic heterocycles. The van der Waals surface area contributed by atoms with E-state index in [4.69, 9.17) is 5.11 Å². The van der Waals surface area contributed by atoms with Crippen molar-refractivity contribution < 1.29 is 36.7 Å². The van der Waals surface area contributed by atoms with Crippen molar-refractivity contribution in [2.75, 3.05) is 0 Å². The van der Waals surface area contributed by atoms with Crippen LogP contribution in [0.4, 0.5) is 17.6 Å². The zero-order valence-electron chi connectivity index (χ0n) is 6.79. The van der Waals surface area contributed by atoms with E-state index in [1.165, 1.54) is 0 Å². The maximum atomic E-state index is 12.2. The predicted octanol–water partition coefficient (Wildman–Crippen LogP) is 1.61. The van der Waals surface area contributed by atoms with E-state index < -0.39 is 30.1 Å². The number of aromatic carboxylic acids is 1. The molecule has 0 fully saturated rings. The van der Waals surface area contributed by atoms with Crippen molar-refractivity contribution in [3.63, 3.8) is 0 Å².